The topological polar surface area (TPSA) is 87.0 Å². The van der Waals surface area contributed by atoms with Crippen LogP contribution in [0.15, 0.2) is 11.5 Å². The minimum atomic E-state index is -2.00. The van der Waals surface area contributed by atoms with E-state index < -0.39 is 23.9 Å². The minimum Gasteiger partial charge on any atom is -0.506 e. The fourth-order valence-corrected chi connectivity index (χ4v) is 0.735. The molecule has 1 rings (SSSR count). The number of aliphatic hydroxyl groups is 3. The second-order valence-corrected chi connectivity index (χ2v) is 2.39. The first kappa shape index (κ1) is 8.03. The van der Waals surface area contributed by atoms with E-state index in [4.69, 9.17) is 15.3 Å². The summed E-state index contributed by atoms with van der Waals surface area (Å²) in [5.74, 6) is -1.89. The maximum atomic E-state index is 10.7. The van der Waals surface area contributed by atoms with Gasteiger partial charge in [0.1, 0.15) is 6.61 Å². The summed E-state index contributed by atoms with van der Waals surface area (Å²) in [7, 11) is 0. The molecule has 11 heavy (non-hydrogen) atoms. The summed E-state index contributed by atoms with van der Waals surface area (Å²) >= 11 is 0. The molecule has 0 spiro atoms. The molecule has 0 aliphatic carbocycles. The average molecular weight is 160 g/mol. The summed E-state index contributed by atoms with van der Waals surface area (Å²) in [6.45, 7) is 0.487. The second-order valence-electron chi connectivity index (χ2n) is 2.39. The number of hydrogen-bond acceptors (Lipinski definition) is 5. The van der Waals surface area contributed by atoms with E-state index in [0.717, 1.165) is 6.92 Å². The number of hydrogen-bond donors (Lipinski definition) is 3. The molecule has 1 unspecified atom stereocenters. The molecular formula is C6H8O5. The van der Waals surface area contributed by atoms with E-state index in [1.165, 1.54) is 0 Å². The Kier molecular flexibility index (Phi) is 1.62. The van der Waals surface area contributed by atoms with Crippen molar-refractivity contribution in [2.75, 3.05) is 6.61 Å². The molecule has 0 aromatic rings. The highest BCUT2D eigenvalue weighted by Crippen LogP contribution is 2.27. The number of rotatable bonds is 1. The summed E-state index contributed by atoms with van der Waals surface area (Å²) < 4.78 is 4.33. The molecule has 62 valence electrons. The number of aliphatic hydroxyl groups excluding tert-OH is 2. The third kappa shape index (κ3) is 0.979. The second kappa shape index (κ2) is 2.21. The van der Waals surface area contributed by atoms with Crippen molar-refractivity contribution in [1.29, 1.82) is 0 Å². The van der Waals surface area contributed by atoms with Gasteiger partial charge in [0.15, 0.2) is 11.5 Å². The smallest absolute Gasteiger partial charge is 0.351 e. The Labute approximate surface area is 62.5 Å². The van der Waals surface area contributed by atoms with Crippen molar-refractivity contribution in [2.24, 2.45) is 0 Å². The number of cyclic esters (lactones) is 1. The van der Waals surface area contributed by atoms with Crippen LogP contribution in [0.1, 0.15) is 6.92 Å². The minimum absolute atomic E-state index is 0.292. The highest BCUT2D eigenvalue weighted by molar-refractivity contribution is 5.86. The SMILES string of the molecule is CC1(O)C(=O)OC(CO)=C1O. The highest BCUT2D eigenvalue weighted by Gasteiger charge is 2.46. The van der Waals surface area contributed by atoms with Crippen molar-refractivity contribution >= 4 is 5.97 Å². The van der Waals surface area contributed by atoms with Gasteiger partial charge in [0.25, 0.3) is 0 Å². The van der Waals surface area contributed by atoms with Gasteiger partial charge < -0.3 is 20.1 Å². The summed E-state index contributed by atoms with van der Waals surface area (Å²) in [6.07, 6.45) is 0. The monoisotopic (exact) mass is 160 g/mol. The van der Waals surface area contributed by atoms with Crippen molar-refractivity contribution in [3.05, 3.63) is 11.5 Å². The molecular weight excluding hydrogens is 152 g/mol. The Balaban J connectivity index is 3.02. The Morgan fingerprint density at radius 1 is 1.64 bits per heavy atom. The zero-order valence-electron chi connectivity index (χ0n) is 5.87. The van der Waals surface area contributed by atoms with Crippen LogP contribution in [0.2, 0.25) is 0 Å². The van der Waals surface area contributed by atoms with Gasteiger partial charge in [-0.05, 0) is 6.92 Å². The maximum absolute atomic E-state index is 10.7. The van der Waals surface area contributed by atoms with Crippen LogP contribution in [0, 0.1) is 0 Å². The molecule has 1 heterocycles. The van der Waals surface area contributed by atoms with Crippen LogP contribution >= 0.6 is 0 Å². The quantitative estimate of drug-likeness (QED) is 0.431. The van der Waals surface area contributed by atoms with Crippen LogP contribution in [0.5, 0.6) is 0 Å². The van der Waals surface area contributed by atoms with E-state index in [1.807, 2.05) is 0 Å². The van der Waals surface area contributed by atoms with E-state index in [0.29, 0.717) is 0 Å². The fraction of sp³-hybridized carbons (Fsp3) is 0.500. The largest absolute Gasteiger partial charge is 0.506 e. The number of carbonyl (C=O) groups excluding carboxylic acids is 1. The predicted octanol–water partition coefficient (Wildman–Crippen LogP) is -0.944. The molecule has 0 fully saturated rings. The lowest BCUT2D eigenvalue weighted by Crippen LogP contribution is -2.33. The lowest BCUT2D eigenvalue weighted by atomic mass is 10.1. The molecule has 0 saturated heterocycles. The molecule has 0 saturated carbocycles. The molecule has 0 aromatic heterocycles. The Morgan fingerprint density at radius 2 is 2.18 bits per heavy atom. The molecule has 1 atom stereocenters. The van der Waals surface area contributed by atoms with E-state index >= 15 is 0 Å². The van der Waals surface area contributed by atoms with Gasteiger partial charge in [0.05, 0.1) is 0 Å². The van der Waals surface area contributed by atoms with Crippen molar-refractivity contribution in [3.8, 4) is 0 Å². The predicted molar refractivity (Wildman–Crippen MR) is 33.5 cm³/mol. The Morgan fingerprint density at radius 3 is 2.36 bits per heavy atom. The Hall–Kier alpha value is -1.07. The third-order valence-electron chi connectivity index (χ3n) is 1.48. The van der Waals surface area contributed by atoms with Crippen LogP contribution in [-0.2, 0) is 9.53 Å². The van der Waals surface area contributed by atoms with Gasteiger partial charge in [-0.15, -0.1) is 0 Å². The summed E-state index contributed by atoms with van der Waals surface area (Å²) in [5.41, 5.74) is -2.00. The van der Waals surface area contributed by atoms with Gasteiger partial charge in [-0.3, -0.25) is 0 Å². The molecule has 0 radical (unpaired) electrons. The van der Waals surface area contributed by atoms with Gasteiger partial charge in [0.2, 0.25) is 5.60 Å². The first-order valence-corrected chi connectivity index (χ1v) is 2.98. The summed E-state index contributed by atoms with van der Waals surface area (Å²) in [5, 5.41) is 26.6. The van der Waals surface area contributed by atoms with E-state index in [1.54, 1.807) is 0 Å². The first-order valence-electron chi connectivity index (χ1n) is 2.98. The van der Waals surface area contributed by atoms with E-state index in [-0.39, 0.29) is 5.76 Å². The third-order valence-corrected chi connectivity index (χ3v) is 1.48. The zero-order valence-corrected chi connectivity index (χ0v) is 5.87. The first-order chi connectivity index (χ1) is 5.00. The van der Waals surface area contributed by atoms with Gasteiger partial charge >= 0.3 is 5.97 Å². The molecule has 0 bridgehead atoms. The summed E-state index contributed by atoms with van der Waals surface area (Å²) in [6, 6.07) is 0. The fourth-order valence-electron chi connectivity index (χ4n) is 0.735. The van der Waals surface area contributed by atoms with Crippen LogP contribution in [-0.4, -0.2) is 33.5 Å². The maximum Gasteiger partial charge on any atom is 0.351 e. The highest BCUT2D eigenvalue weighted by atomic mass is 16.6. The molecule has 5 nitrogen and oxygen atoms in total. The molecule has 5 heteroatoms. The van der Waals surface area contributed by atoms with Crippen LogP contribution < -0.4 is 0 Å². The van der Waals surface area contributed by atoms with Crippen LogP contribution in [0.3, 0.4) is 0 Å². The number of carbonyl (C=O) groups is 1. The van der Waals surface area contributed by atoms with Gasteiger partial charge in [0, 0.05) is 0 Å². The standard InChI is InChI=1S/C6H8O5/c1-6(10)4(8)3(2-7)11-5(6)9/h7-8,10H,2H2,1H3. The zero-order chi connectivity index (χ0) is 8.65. The number of ether oxygens (including phenoxy) is 1. The number of esters is 1. The average Bonchev–Trinajstić information content (AvgIpc) is 2.14. The van der Waals surface area contributed by atoms with Gasteiger partial charge in [-0.2, -0.15) is 0 Å². The Bertz CT molecular complexity index is 227. The molecule has 1 aliphatic rings. The lowest BCUT2D eigenvalue weighted by molar-refractivity contribution is -0.152. The molecule has 0 amide bonds. The summed E-state index contributed by atoms with van der Waals surface area (Å²) in [4.78, 5) is 10.7. The lowest BCUT2D eigenvalue weighted by Gasteiger charge is -2.09. The van der Waals surface area contributed by atoms with E-state index in [9.17, 15) is 4.79 Å². The van der Waals surface area contributed by atoms with Gasteiger partial charge in [-0.25, -0.2) is 4.79 Å². The van der Waals surface area contributed by atoms with Crippen molar-refractivity contribution in [3.63, 3.8) is 0 Å². The van der Waals surface area contributed by atoms with Crippen molar-refractivity contribution in [2.45, 2.75) is 12.5 Å². The molecule has 1 aliphatic heterocycles. The van der Waals surface area contributed by atoms with Crippen molar-refractivity contribution in [1.82, 2.24) is 0 Å². The molecule has 3 N–H and O–H groups in total. The van der Waals surface area contributed by atoms with Gasteiger partial charge in [-0.1, -0.05) is 0 Å². The van der Waals surface area contributed by atoms with Crippen molar-refractivity contribution < 1.29 is 24.9 Å². The molecule has 0 aromatic carbocycles. The van der Waals surface area contributed by atoms with E-state index in [2.05, 4.69) is 4.74 Å². The van der Waals surface area contributed by atoms with Crippen LogP contribution in [0.25, 0.3) is 0 Å². The van der Waals surface area contributed by atoms with Crippen LogP contribution in [0.4, 0.5) is 0 Å². The normalized spacial score (nSPS) is 31.0.